The standard InChI is InChI=1S/C22H38N4O2.HI/c1-5-23-22(25-16-18(2)26-13-15-27-17-19(26)3)24-12-9-14-28-20(4)21-10-7-6-8-11-21;/h6-8,10-11,18-20H,5,9,12-17H2,1-4H3,(H2,23,24,25);1H. The summed E-state index contributed by atoms with van der Waals surface area (Å²) in [7, 11) is 0. The minimum absolute atomic E-state index is 0. The quantitative estimate of drug-likeness (QED) is 0.215. The van der Waals surface area contributed by atoms with E-state index in [1.54, 1.807) is 0 Å². The van der Waals surface area contributed by atoms with E-state index in [-0.39, 0.29) is 30.1 Å². The molecule has 1 aliphatic heterocycles. The van der Waals surface area contributed by atoms with Crippen LogP contribution in [-0.2, 0) is 9.47 Å². The van der Waals surface area contributed by atoms with Gasteiger partial charge in [0.25, 0.3) is 0 Å². The largest absolute Gasteiger partial charge is 0.379 e. The summed E-state index contributed by atoms with van der Waals surface area (Å²) in [4.78, 5) is 7.26. The van der Waals surface area contributed by atoms with E-state index < -0.39 is 0 Å². The molecule has 7 heteroatoms. The van der Waals surface area contributed by atoms with Gasteiger partial charge in [0, 0.05) is 38.3 Å². The van der Waals surface area contributed by atoms with Crippen LogP contribution in [0.25, 0.3) is 0 Å². The van der Waals surface area contributed by atoms with Crippen molar-refractivity contribution in [3.05, 3.63) is 35.9 Å². The number of benzene rings is 1. The van der Waals surface area contributed by atoms with E-state index in [2.05, 4.69) is 67.5 Å². The molecule has 2 N–H and O–H groups in total. The maximum absolute atomic E-state index is 5.94. The van der Waals surface area contributed by atoms with Crippen LogP contribution in [0, 0.1) is 0 Å². The van der Waals surface area contributed by atoms with E-state index in [0.29, 0.717) is 12.1 Å². The van der Waals surface area contributed by atoms with Gasteiger partial charge in [-0.25, -0.2) is 0 Å². The third-order valence-corrected chi connectivity index (χ3v) is 5.09. The Labute approximate surface area is 193 Å². The zero-order chi connectivity index (χ0) is 20.2. The van der Waals surface area contributed by atoms with Gasteiger partial charge in [-0.2, -0.15) is 0 Å². The molecule has 0 spiro atoms. The molecule has 3 unspecified atom stereocenters. The summed E-state index contributed by atoms with van der Waals surface area (Å²) in [5, 5.41) is 6.75. The molecule has 2 rings (SSSR count). The molecule has 1 aromatic carbocycles. The lowest BCUT2D eigenvalue weighted by Crippen LogP contribution is -2.49. The van der Waals surface area contributed by atoms with E-state index in [4.69, 9.17) is 14.5 Å². The molecule has 6 nitrogen and oxygen atoms in total. The van der Waals surface area contributed by atoms with Gasteiger partial charge in [-0.05, 0) is 39.7 Å². The summed E-state index contributed by atoms with van der Waals surface area (Å²) in [6, 6.07) is 11.2. The van der Waals surface area contributed by atoms with Gasteiger partial charge in [0.05, 0.1) is 25.9 Å². The van der Waals surface area contributed by atoms with Gasteiger partial charge in [-0.1, -0.05) is 30.3 Å². The van der Waals surface area contributed by atoms with Crippen LogP contribution in [0.2, 0.25) is 0 Å². The number of ether oxygens (including phenoxy) is 2. The average molecular weight is 518 g/mol. The molecule has 3 atom stereocenters. The van der Waals surface area contributed by atoms with Crippen LogP contribution in [0.3, 0.4) is 0 Å². The van der Waals surface area contributed by atoms with Crippen LogP contribution in [0.4, 0.5) is 0 Å². The lowest BCUT2D eigenvalue weighted by atomic mass is 10.1. The second-order valence-corrected chi connectivity index (χ2v) is 7.43. The van der Waals surface area contributed by atoms with Crippen LogP contribution in [0.1, 0.15) is 45.8 Å². The Morgan fingerprint density at radius 3 is 2.72 bits per heavy atom. The Bertz CT molecular complexity index is 573. The highest BCUT2D eigenvalue weighted by atomic mass is 127. The molecule has 0 aliphatic carbocycles. The summed E-state index contributed by atoms with van der Waals surface area (Å²) >= 11 is 0. The minimum atomic E-state index is 0. The fourth-order valence-electron chi connectivity index (χ4n) is 3.42. The van der Waals surface area contributed by atoms with Gasteiger partial charge in [-0.15, -0.1) is 24.0 Å². The van der Waals surface area contributed by atoms with Crippen molar-refractivity contribution in [3.8, 4) is 0 Å². The fraction of sp³-hybridized carbons (Fsp3) is 0.682. The summed E-state index contributed by atoms with van der Waals surface area (Å²) in [6.07, 6.45) is 1.07. The van der Waals surface area contributed by atoms with E-state index in [9.17, 15) is 0 Å². The molecule has 0 radical (unpaired) electrons. The zero-order valence-corrected chi connectivity index (χ0v) is 20.7. The Kier molecular flexibility index (Phi) is 13.5. The van der Waals surface area contributed by atoms with Crippen LogP contribution < -0.4 is 10.6 Å². The first kappa shape index (κ1) is 26.1. The number of morpholine rings is 1. The third kappa shape index (κ3) is 9.63. The average Bonchev–Trinajstić information content (AvgIpc) is 2.72. The fourth-order valence-corrected chi connectivity index (χ4v) is 3.42. The number of halogens is 1. The first-order chi connectivity index (χ1) is 13.6. The van der Waals surface area contributed by atoms with Gasteiger partial charge >= 0.3 is 0 Å². The zero-order valence-electron chi connectivity index (χ0n) is 18.4. The van der Waals surface area contributed by atoms with Crippen molar-refractivity contribution in [1.29, 1.82) is 0 Å². The monoisotopic (exact) mass is 518 g/mol. The summed E-state index contributed by atoms with van der Waals surface area (Å²) in [6.45, 7) is 14.5. The van der Waals surface area contributed by atoms with Gasteiger partial charge in [0.15, 0.2) is 5.96 Å². The molecule has 0 saturated carbocycles. The normalized spacial score (nSPS) is 19.9. The highest BCUT2D eigenvalue weighted by molar-refractivity contribution is 14.0. The van der Waals surface area contributed by atoms with E-state index >= 15 is 0 Å². The highest BCUT2D eigenvalue weighted by Crippen LogP contribution is 2.15. The van der Waals surface area contributed by atoms with Crippen molar-refractivity contribution < 1.29 is 9.47 Å². The van der Waals surface area contributed by atoms with Crippen LogP contribution >= 0.6 is 24.0 Å². The number of hydrogen-bond donors (Lipinski definition) is 2. The van der Waals surface area contributed by atoms with E-state index in [1.165, 1.54) is 5.56 Å². The van der Waals surface area contributed by atoms with Crippen molar-refractivity contribution >= 4 is 29.9 Å². The first-order valence-electron chi connectivity index (χ1n) is 10.6. The molecule has 1 saturated heterocycles. The van der Waals surface area contributed by atoms with Crippen LogP contribution in [0.5, 0.6) is 0 Å². The van der Waals surface area contributed by atoms with Crippen LogP contribution in [-0.4, -0.2) is 68.9 Å². The van der Waals surface area contributed by atoms with Crippen molar-refractivity contribution in [1.82, 2.24) is 15.5 Å². The Morgan fingerprint density at radius 1 is 1.28 bits per heavy atom. The SMILES string of the molecule is CCNC(=NCC(C)N1CCOCC1C)NCCCOC(C)c1ccccc1.I. The van der Waals surface area contributed by atoms with E-state index in [0.717, 1.165) is 58.4 Å². The maximum Gasteiger partial charge on any atom is 0.191 e. The number of nitrogens with one attached hydrogen (secondary N) is 2. The predicted molar refractivity (Wildman–Crippen MR) is 131 cm³/mol. The molecule has 0 aromatic heterocycles. The molecule has 0 amide bonds. The third-order valence-electron chi connectivity index (χ3n) is 5.09. The molecular weight excluding hydrogens is 479 g/mol. The predicted octanol–water partition coefficient (Wildman–Crippen LogP) is 3.44. The van der Waals surface area contributed by atoms with Crippen molar-refractivity contribution in [3.63, 3.8) is 0 Å². The van der Waals surface area contributed by atoms with Crippen molar-refractivity contribution in [2.75, 3.05) is 46.0 Å². The number of hydrogen-bond acceptors (Lipinski definition) is 4. The summed E-state index contributed by atoms with van der Waals surface area (Å²) in [5.74, 6) is 0.881. The smallest absolute Gasteiger partial charge is 0.191 e. The number of rotatable bonds is 10. The maximum atomic E-state index is 5.94. The van der Waals surface area contributed by atoms with Gasteiger partial charge < -0.3 is 20.1 Å². The van der Waals surface area contributed by atoms with Crippen molar-refractivity contribution in [2.45, 2.75) is 52.3 Å². The minimum Gasteiger partial charge on any atom is -0.379 e. The molecular formula is C22H39IN4O2. The van der Waals surface area contributed by atoms with Crippen molar-refractivity contribution in [2.24, 2.45) is 4.99 Å². The molecule has 1 heterocycles. The number of nitrogens with zero attached hydrogens (tertiary/aromatic N) is 2. The molecule has 1 fully saturated rings. The Balaban J connectivity index is 0.00000420. The highest BCUT2D eigenvalue weighted by Gasteiger charge is 2.23. The number of aliphatic imine (C=N–C) groups is 1. The van der Waals surface area contributed by atoms with Gasteiger partial charge in [0.2, 0.25) is 0 Å². The second kappa shape index (κ2) is 15.0. The van der Waals surface area contributed by atoms with Crippen LogP contribution in [0.15, 0.2) is 35.3 Å². The second-order valence-electron chi connectivity index (χ2n) is 7.43. The van der Waals surface area contributed by atoms with Gasteiger partial charge in [-0.3, -0.25) is 9.89 Å². The Hall–Kier alpha value is -0.900. The number of guanidine groups is 1. The molecule has 1 aromatic rings. The van der Waals surface area contributed by atoms with Gasteiger partial charge in [0.1, 0.15) is 0 Å². The molecule has 0 bridgehead atoms. The Morgan fingerprint density at radius 2 is 2.03 bits per heavy atom. The van der Waals surface area contributed by atoms with E-state index in [1.807, 2.05) is 6.07 Å². The molecule has 29 heavy (non-hydrogen) atoms. The lowest BCUT2D eigenvalue weighted by molar-refractivity contribution is -0.0165. The molecule has 1 aliphatic rings. The first-order valence-corrected chi connectivity index (χ1v) is 10.6. The lowest BCUT2D eigenvalue weighted by Gasteiger charge is -2.37. The molecule has 166 valence electrons. The summed E-state index contributed by atoms with van der Waals surface area (Å²) in [5.41, 5.74) is 1.22. The topological polar surface area (TPSA) is 58.1 Å². The summed E-state index contributed by atoms with van der Waals surface area (Å²) < 4.78 is 11.5.